The average molecular weight is 384 g/mol. The van der Waals surface area contributed by atoms with Crippen molar-refractivity contribution < 1.29 is 24.2 Å². The van der Waals surface area contributed by atoms with E-state index in [9.17, 15) is 19.5 Å². The van der Waals surface area contributed by atoms with Crippen molar-refractivity contribution in [2.24, 2.45) is 29.4 Å². The Bertz CT molecular complexity index is 846. The molecule has 1 saturated carbocycles. The summed E-state index contributed by atoms with van der Waals surface area (Å²) in [7, 11) is 0. The Labute approximate surface area is 162 Å². The normalized spacial score (nSPS) is 28.4. The Morgan fingerprint density at radius 3 is 2.43 bits per heavy atom. The summed E-state index contributed by atoms with van der Waals surface area (Å²) in [5, 5.41) is 14.3. The maximum absolute atomic E-state index is 12.8. The SMILES string of the molecule is NC(=O)c1cc(NC(=O)[C@@H]2[C@@H](C(=O)[O-])[C@H]3C=C[C@@H]2C3)ccc1N1CCOCC1. The number of morpholine rings is 1. The van der Waals surface area contributed by atoms with Gasteiger partial charge in [0.15, 0.2) is 0 Å². The van der Waals surface area contributed by atoms with Crippen LogP contribution in [-0.4, -0.2) is 44.1 Å². The Kier molecular flexibility index (Phi) is 4.80. The summed E-state index contributed by atoms with van der Waals surface area (Å²) in [4.78, 5) is 38.3. The maximum atomic E-state index is 12.8. The van der Waals surface area contributed by atoms with E-state index < -0.39 is 23.7 Å². The molecule has 0 aromatic heterocycles. The van der Waals surface area contributed by atoms with Gasteiger partial charge in [-0.25, -0.2) is 0 Å². The summed E-state index contributed by atoms with van der Waals surface area (Å²) in [5.41, 5.74) is 6.97. The molecule has 148 valence electrons. The van der Waals surface area contributed by atoms with E-state index in [-0.39, 0.29) is 17.7 Å². The van der Waals surface area contributed by atoms with Gasteiger partial charge in [-0.05, 0) is 36.5 Å². The number of carboxylic acid groups (broad SMARTS) is 1. The fraction of sp³-hybridized carbons (Fsp3) is 0.450. The number of benzene rings is 1. The van der Waals surface area contributed by atoms with Crippen LogP contribution in [0.25, 0.3) is 0 Å². The van der Waals surface area contributed by atoms with E-state index in [1.165, 1.54) is 0 Å². The minimum absolute atomic E-state index is 0.101. The zero-order valence-corrected chi connectivity index (χ0v) is 15.3. The summed E-state index contributed by atoms with van der Waals surface area (Å²) in [6.45, 7) is 2.44. The Balaban J connectivity index is 1.55. The van der Waals surface area contributed by atoms with E-state index >= 15 is 0 Å². The number of carbonyl (C=O) groups excluding carboxylic acids is 3. The van der Waals surface area contributed by atoms with Gasteiger partial charge in [0.2, 0.25) is 5.91 Å². The van der Waals surface area contributed by atoms with E-state index in [1.54, 1.807) is 18.2 Å². The standard InChI is InChI=1S/C20H23N3O5/c21-18(24)14-10-13(3-4-15(14)23-5-7-28-8-6-23)22-19(25)16-11-1-2-12(9-11)17(16)20(26)27/h1-4,10-12,16-17H,5-9H2,(H2,21,24)(H,22,25)(H,26,27)/p-1/t11-,12+,16+,17+/m1/s1. The van der Waals surface area contributed by atoms with Crippen LogP contribution in [0.2, 0.25) is 0 Å². The second kappa shape index (κ2) is 7.27. The summed E-state index contributed by atoms with van der Waals surface area (Å²) in [5.74, 6) is -3.91. The lowest BCUT2D eigenvalue weighted by Gasteiger charge is -2.30. The second-order valence-corrected chi connectivity index (χ2v) is 7.50. The number of fused-ring (bicyclic) bond motifs is 2. The number of rotatable bonds is 5. The fourth-order valence-electron chi connectivity index (χ4n) is 4.62. The van der Waals surface area contributed by atoms with Gasteiger partial charge in [0.25, 0.3) is 5.91 Å². The number of carbonyl (C=O) groups is 3. The molecule has 0 unspecified atom stereocenters. The highest BCUT2D eigenvalue weighted by Crippen LogP contribution is 2.48. The van der Waals surface area contributed by atoms with Crippen LogP contribution in [0, 0.1) is 23.7 Å². The molecular formula is C20H22N3O5-. The maximum Gasteiger partial charge on any atom is 0.250 e. The van der Waals surface area contributed by atoms with Gasteiger partial charge >= 0.3 is 0 Å². The smallest absolute Gasteiger partial charge is 0.250 e. The molecule has 2 bridgehead atoms. The first kappa shape index (κ1) is 18.5. The molecule has 3 aliphatic rings. The molecule has 1 aromatic carbocycles. The number of primary amides is 1. The minimum Gasteiger partial charge on any atom is -0.550 e. The van der Waals surface area contributed by atoms with Crippen molar-refractivity contribution in [3.63, 3.8) is 0 Å². The summed E-state index contributed by atoms with van der Waals surface area (Å²) >= 11 is 0. The zero-order valence-electron chi connectivity index (χ0n) is 15.3. The molecule has 0 radical (unpaired) electrons. The van der Waals surface area contributed by atoms with Crippen molar-refractivity contribution in [1.29, 1.82) is 0 Å². The summed E-state index contributed by atoms with van der Waals surface area (Å²) in [6.07, 6.45) is 4.42. The third-order valence-electron chi connectivity index (χ3n) is 5.92. The van der Waals surface area contributed by atoms with E-state index in [2.05, 4.69) is 5.32 Å². The monoisotopic (exact) mass is 384 g/mol. The highest BCUT2D eigenvalue weighted by atomic mass is 16.5. The molecule has 4 rings (SSSR count). The third kappa shape index (κ3) is 3.24. The first-order valence-corrected chi connectivity index (χ1v) is 9.42. The van der Waals surface area contributed by atoms with Crippen LogP contribution in [0.3, 0.4) is 0 Å². The van der Waals surface area contributed by atoms with Gasteiger partial charge in [0.1, 0.15) is 0 Å². The minimum atomic E-state index is -1.20. The number of nitrogens with two attached hydrogens (primary N) is 1. The van der Waals surface area contributed by atoms with Crippen molar-refractivity contribution >= 4 is 29.2 Å². The van der Waals surface area contributed by atoms with Crippen LogP contribution >= 0.6 is 0 Å². The van der Waals surface area contributed by atoms with Crippen molar-refractivity contribution in [1.82, 2.24) is 0 Å². The predicted octanol–water partition coefficient (Wildman–Crippen LogP) is -0.251. The third-order valence-corrected chi connectivity index (χ3v) is 5.92. The van der Waals surface area contributed by atoms with E-state index in [0.717, 1.165) is 0 Å². The van der Waals surface area contributed by atoms with E-state index in [4.69, 9.17) is 10.5 Å². The molecule has 0 spiro atoms. The highest BCUT2D eigenvalue weighted by Gasteiger charge is 2.48. The number of ether oxygens (including phenoxy) is 1. The molecule has 8 heteroatoms. The van der Waals surface area contributed by atoms with E-state index in [1.807, 2.05) is 17.1 Å². The quantitative estimate of drug-likeness (QED) is 0.675. The number of anilines is 2. The lowest BCUT2D eigenvalue weighted by Crippen LogP contribution is -2.43. The van der Waals surface area contributed by atoms with Gasteiger partial charge in [-0.1, -0.05) is 12.2 Å². The number of hydrogen-bond donors (Lipinski definition) is 2. The summed E-state index contributed by atoms with van der Waals surface area (Å²) in [6, 6.07) is 4.99. The predicted molar refractivity (Wildman–Crippen MR) is 99.3 cm³/mol. The number of nitrogens with one attached hydrogen (secondary N) is 1. The van der Waals surface area contributed by atoms with Crippen LogP contribution in [-0.2, 0) is 14.3 Å². The molecule has 2 aliphatic carbocycles. The van der Waals surface area contributed by atoms with Crippen LogP contribution in [0.15, 0.2) is 30.4 Å². The first-order chi connectivity index (χ1) is 13.5. The van der Waals surface area contributed by atoms with Crippen LogP contribution in [0.5, 0.6) is 0 Å². The number of allylic oxidation sites excluding steroid dienone is 2. The lowest BCUT2D eigenvalue weighted by molar-refractivity contribution is -0.313. The topological polar surface area (TPSA) is 125 Å². The van der Waals surface area contributed by atoms with Crippen LogP contribution < -0.4 is 21.1 Å². The molecule has 1 aromatic rings. The molecule has 3 N–H and O–H groups in total. The average Bonchev–Trinajstić information content (AvgIpc) is 3.30. The van der Waals surface area contributed by atoms with Crippen LogP contribution in [0.1, 0.15) is 16.8 Å². The van der Waals surface area contributed by atoms with Crippen molar-refractivity contribution in [2.75, 3.05) is 36.5 Å². The van der Waals surface area contributed by atoms with Gasteiger partial charge in [0, 0.05) is 36.4 Å². The number of carboxylic acids is 1. The fourth-order valence-corrected chi connectivity index (χ4v) is 4.62. The molecule has 8 nitrogen and oxygen atoms in total. The zero-order chi connectivity index (χ0) is 19.8. The molecule has 2 amide bonds. The number of amides is 2. The van der Waals surface area contributed by atoms with E-state index in [0.29, 0.717) is 49.7 Å². The van der Waals surface area contributed by atoms with Crippen molar-refractivity contribution in [3.05, 3.63) is 35.9 Å². The van der Waals surface area contributed by atoms with Gasteiger partial charge in [-0.2, -0.15) is 0 Å². The lowest BCUT2D eigenvalue weighted by atomic mass is 9.82. The molecule has 28 heavy (non-hydrogen) atoms. The van der Waals surface area contributed by atoms with Crippen LogP contribution in [0.4, 0.5) is 11.4 Å². The molecule has 1 aliphatic heterocycles. The number of hydrogen-bond acceptors (Lipinski definition) is 6. The molecule has 4 atom stereocenters. The summed E-state index contributed by atoms with van der Waals surface area (Å²) < 4.78 is 5.33. The van der Waals surface area contributed by atoms with Gasteiger partial charge in [-0.3, -0.25) is 9.59 Å². The van der Waals surface area contributed by atoms with Crippen molar-refractivity contribution in [2.45, 2.75) is 6.42 Å². The largest absolute Gasteiger partial charge is 0.550 e. The van der Waals surface area contributed by atoms with Gasteiger partial charge < -0.3 is 30.6 Å². The molecule has 2 fully saturated rings. The Morgan fingerprint density at radius 2 is 1.79 bits per heavy atom. The number of nitrogens with zero attached hydrogens (tertiary/aromatic N) is 1. The van der Waals surface area contributed by atoms with Crippen molar-refractivity contribution in [3.8, 4) is 0 Å². The first-order valence-electron chi connectivity index (χ1n) is 9.42. The highest BCUT2D eigenvalue weighted by molar-refractivity contribution is 6.02. The Morgan fingerprint density at radius 1 is 1.11 bits per heavy atom. The van der Waals surface area contributed by atoms with Gasteiger partial charge in [0.05, 0.1) is 24.7 Å². The molecule has 1 heterocycles. The van der Waals surface area contributed by atoms with Gasteiger partial charge in [-0.15, -0.1) is 0 Å². The second-order valence-electron chi connectivity index (χ2n) is 7.50. The number of aliphatic carboxylic acids is 1. The Hall–Kier alpha value is -2.87. The molecular weight excluding hydrogens is 362 g/mol. The molecule has 1 saturated heterocycles.